The van der Waals surface area contributed by atoms with Crippen LogP contribution >= 0.6 is 0 Å². The Balaban J connectivity index is 1.10. The van der Waals surface area contributed by atoms with Crippen molar-refractivity contribution in [2.24, 2.45) is 0 Å². The maximum absolute atomic E-state index is 5.16. The van der Waals surface area contributed by atoms with Crippen molar-refractivity contribution in [1.82, 2.24) is 19.1 Å². The van der Waals surface area contributed by atoms with Gasteiger partial charge in [0.2, 0.25) is 0 Å². The zero-order chi connectivity index (χ0) is 36.7. The molecule has 0 atom stereocenters. The lowest BCUT2D eigenvalue weighted by Gasteiger charge is -2.12. The number of hydrogen-bond acceptors (Lipinski definition) is 2. The minimum atomic E-state index is 0.712. The predicted octanol–water partition coefficient (Wildman–Crippen LogP) is 13.5. The molecule has 0 saturated heterocycles. The van der Waals surface area contributed by atoms with Crippen molar-refractivity contribution in [2.75, 3.05) is 0 Å². The van der Waals surface area contributed by atoms with E-state index in [-0.39, 0.29) is 0 Å². The number of benzene rings is 9. The summed E-state index contributed by atoms with van der Waals surface area (Å²) in [6, 6.07) is 69.7. The van der Waals surface area contributed by atoms with Gasteiger partial charge in [-0.2, -0.15) is 0 Å². The van der Waals surface area contributed by atoms with Crippen LogP contribution in [0.3, 0.4) is 0 Å². The van der Waals surface area contributed by atoms with Crippen LogP contribution in [-0.4, -0.2) is 19.1 Å². The van der Waals surface area contributed by atoms with Crippen molar-refractivity contribution in [3.05, 3.63) is 194 Å². The van der Waals surface area contributed by atoms with Gasteiger partial charge in [0.05, 0.1) is 39.0 Å². The van der Waals surface area contributed by atoms with Gasteiger partial charge in [0.1, 0.15) is 0 Å². The van der Waals surface area contributed by atoms with E-state index in [1.165, 1.54) is 59.6 Å². The summed E-state index contributed by atoms with van der Waals surface area (Å²) in [6.07, 6.45) is 0. The smallest absolute Gasteiger partial charge is 0.160 e. The molecule has 0 aliphatic heterocycles. The summed E-state index contributed by atoms with van der Waals surface area (Å²) < 4.78 is 4.90. The second-order valence-corrected chi connectivity index (χ2v) is 14.6. The Morgan fingerprint density at radius 3 is 1.68 bits per heavy atom. The average molecular weight is 713 g/mol. The van der Waals surface area contributed by atoms with Gasteiger partial charge in [0, 0.05) is 43.7 Å². The number of aromatic nitrogens is 4. The van der Waals surface area contributed by atoms with Crippen LogP contribution in [0.2, 0.25) is 0 Å². The third kappa shape index (κ3) is 4.60. The maximum atomic E-state index is 5.16. The van der Waals surface area contributed by atoms with E-state index in [4.69, 9.17) is 9.97 Å². The Kier molecular flexibility index (Phi) is 6.60. The molecule has 0 aliphatic carbocycles. The first kappa shape index (κ1) is 30.9. The molecule has 56 heavy (non-hydrogen) atoms. The SMILES string of the molecule is c1ccc(-c2nc(-c3ccc(-n4c5cc6ccccc6cc5c5c(-n6c7ccccc7c7cc8ccccc8cc76)cccc54)cc3)nc3ccccc23)cc1. The molecule has 0 spiro atoms. The lowest BCUT2D eigenvalue weighted by Crippen LogP contribution is -1.98. The fraction of sp³-hybridized carbons (Fsp3) is 0. The van der Waals surface area contributed by atoms with Crippen molar-refractivity contribution in [2.45, 2.75) is 0 Å². The Morgan fingerprint density at radius 1 is 0.339 bits per heavy atom. The van der Waals surface area contributed by atoms with Gasteiger partial charge in [-0.05, 0) is 94.3 Å². The van der Waals surface area contributed by atoms with Crippen molar-refractivity contribution in [3.8, 4) is 34.0 Å². The first-order valence-corrected chi connectivity index (χ1v) is 19.1. The molecule has 3 heterocycles. The highest BCUT2D eigenvalue weighted by molar-refractivity contribution is 6.19. The second kappa shape index (κ2) is 12.0. The molecular formula is C52H32N4. The van der Waals surface area contributed by atoms with Crippen LogP contribution in [-0.2, 0) is 0 Å². The van der Waals surface area contributed by atoms with Gasteiger partial charge in [0.15, 0.2) is 5.82 Å². The summed E-state index contributed by atoms with van der Waals surface area (Å²) in [4.78, 5) is 10.2. The number of nitrogens with zero attached hydrogens (tertiary/aromatic N) is 4. The molecular weight excluding hydrogens is 681 g/mol. The molecule has 0 bridgehead atoms. The fourth-order valence-corrected chi connectivity index (χ4v) is 8.89. The van der Waals surface area contributed by atoms with E-state index >= 15 is 0 Å². The van der Waals surface area contributed by atoms with Gasteiger partial charge in [0.25, 0.3) is 0 Å². The van der Waals surface area contributed by atoms with Crippen molar-refractivity contribution in [3.63, 3.8) is 0 Å². The van der Waals surface area contributed by atoms with E-state index in [0.29, 0.717) is 5.82 Å². The monoisotopic (exact) mass is 712 g/mol. The van der Waals surface area contributed by atoms with Crippen LogP contribution in [0.4, 0.5) is 0 Å². The Hall–Kier alpha value is -7.56. The maximum Gasteiger partial charge on any atom is 0.160 e. The standard InChI is InChI=1S/C52H32N4/c1-2-13-33(14-3-1)51-41-20-8-10-21-44(41)53-52(54-51)34-25-27-39(28-26-34)55-46-23-12-24-47(50(46)43-30-36-16-5-7-18-38(36)32-49(43)55)56-45-22-11-9-19-40(45)42-29-35-15-4-6-17-37(35)31-48(42)56/h1-32H. The van der Waals surface area contributed by atoms with Gasteiger partial charge in [-0.1, -0.05) is 121 Å². The Morgan fingerprint density at radius 2 is 0.929 bits per heavy atom. The van der Waals surface area contributed by atoms with E-state index in [9.17, 15) is 0 Å². The topological polar surface area (TPSA) is 35.6 Å². The van der Waals surface area contributed by atoms with Gasteiger partial charge in [-0.3, -0.25) is 0 Å². The molecule has 4 nitrogen and oxygen atoms in total. The van der Waals surface area contributed by atoms with E-state index in [2.05, 4.69) is 191 Å². The molecule has 260 valence electrons. The third-order valence-electron chi connectivity index (χ3n) is 11.5. The van der Waals surface area contributed by atoms with Crippen LogP contribution in [0, 0.1) is 0 Å². The van der Waals surface area contributed by atoms with E-state index in [1.54, 1.807) is 0 Å². The predicted molar refractivity (Wildman–Crippen MR) is 234 cm³/mol. The van der Waals surface area contributed by atoms with Crippen LogP contribution < -0.4 is 0 Å². The van der Waals surface area contributed by atoms with Crippen LogP contribution in [0.25, 0.3) is 110 Å². The first-order chi connectivity index (χ1) is 27.8. The largest absolute Gasteiger partial charge is 0.309 e. The normalized spacial score (nSPS) is 11.9. The van der Waals surface area contributed by atoms with Gasteiger partial charge in [-0.15, -0.1) is 0 Å². The highest BCUT2D eigenvalue weighted by Crippen LogP contribution is 2.42. The fourth-order valence-electron chi connectivity index (χ4n) is 8.89. The van der Waals surface area contributed by atoms with Crippen molar-refractivity contribution < 1.29 is 0 Å². The van der Waals surface area contributed by atoms with E-state index in [1.807, 2.05) is 12.1 Å². The van der Waals surface area contributed by atoms with Crippen molar-refractivity contribution >= 4 is 76.1 Å². The molecule has 0 amide bonds. The minimum Gasteiger partial charge on any atom is -0.309 e. The average Bonchev–Trinajstić information content (AvgIpc) is 3.76. The minimum absolute atomic E-state index is 0.712. The lowest BCUT2D eigenvalue weighted by atomic mass is 10.0. The summed E-state index contributed by atoms with van der Waals surface area (Å²) in [6.45, 7) is 0. The summed E-state index contributed by atoms with van der Waals surface area (Å²) in [5, 5.41) is 10.9. The molecule has 0 unspecified atom stereocenters. The Bertz CT molecular complexity index is 3520. The lowest BCUT2D eigenvalue weighted by molar-refractivity contribution is 1.17. The molecule has 0 saturated carbocycles. The summed E-state index contributed by atoms with van der Waals surface area (Å²) in [5.41, 5.74) is 10.9. The third-order valence-corrected chi connectivity index (χ3v) is 11.5. The van der Waals surface area contributed by atoms with Gasteiger partial charge < -0.3 is 9.13 Å². The number of fused-ring (bicyclic) bond motifs is 9. The zero-order valence-corrected chi connectivity index (χ0v) is 30.3. The van der Waals surface area contributed by atoms with Crippen molar-refractivity contribution in [1.29, 1.82) is 0 Å². The number of hydrogen-bond donors (Lipinski definition) is 0. The molecule has 0 N–H and O–H groups in total. The van der Waals surface area contributed by atoms with Gasteiger partial charge >= 0.3 is 0 Å². The van der Waals surface area contributed by atoms with E-state index < -0.39 is 0 Å². The molecule has 12 aromatic rings. The van der Waals surface area contributed by atoms with E-state index in [0.717, 1.165) is 44.6 Å². The molecule has 3 aromatic heterocycles. The molecule has 0 radical (unpaired) electrons. The number of para-hydroxylation sites is 2. The van der Waals surface area contributed by atoms with Crippen LogP contribution in [0.1, 0.15) is 0 Å². The molecule has 0 fully saturated rings. The summed E-state index contributed by atoms with van der Waals surface area (Å²) in [5.74, 6) is 0.712. The summed E-state index contributed by atoms with van der Waals surface area (Å²) >= 11 is 0. The molecule has 9 aromatic carbocycles. The number of rotatable bonds is 4. The molecule has 4 heteroatoms. The summed E-state index contributed by atoms with van der Waals surface area (Å²) in [7, 11) is 0. The Labute approximate surface area is 322 Å². The highest BCUT2D eigenvalue weighted by atomic mass is 15.0. The van der Waals surface area contributed by atoms with Crippen LogP contribution in [0.15, 0.2) is 194 Å². The quantitative estimate of drug-likeness (QED) is 0.182. The molecule has 0 aliphatic rings. The highest BCUT2D eigenvalue weighted by Gasteiger charge is 2.21. The zero-order valence-electron chi connectivity index (χ0n) is 30.3. The first-order valence-electron chi connectivity index (χ1n) is 19.1. The van der Waals surface area contributed by atoms with Gasteiger partial charge in [-0.25, -0.2) is 9.97 Å². The second-order valence-electron chi connectivity index (χ2n) is 14.6. The molecule has 12 rings (SSSR count). The van der Waals surface area contributed by atoms with Crippen LogP contribution in [0.5, 0.6) is 0 Å².